The second-order valence-corrected chi connectivity index (χ2v) is 6.22. The van der Waals surface area contributed by atoms with Crippen molar-refractivity contribution in [3.8, 4) is 0 Å². The van der Waals surface area contributed by atoms with Gasteiger partial charge in [-0.3, -0.25) is 19.2 Å². The van der Waals surface area contributed by atoms with Crippen molar-refractivity contribution in [2.24, 2.45) is 23.1 Å². The summed E-state index contributed by atoms with van der Waals surface area (Å²) in [5.41, 5.74) is 15.8. The number of carbonyl (C=O) groups is 5. The molecule has 0 rings (SSSR count). The van der Waals surface area contributed by atoms with Gasteiger partial charge in [-0.05, 0) is 18.8 Å². The highest BCUT2D eigenvalue weighted by molar-refractivity contribution is 5.92. The van der Waals surface area contributed by atoms with Crippen molar-refractivity contribution in [3.05, 3.63) is 0 Å². The summed E-state index contributed by atoms with van der Waals surface area (Å²) in [5.74, 6) is -2.54. The molecule has 0 saturated heterocycles. The first-order valence-corrected chi connectivity index (χ1v) is 7.95. The summed E-state index contributed by atoms with van der Waals surface area (Å²) in [7, 11) is 0. The van der Waals surface area contributed by atoms with Gasteiger partial charge in [0.15, 0.2) is 0 Å². The standard InChI is InChI=1S/C15H27N5O5/c1-8(2)5-10(16)14(24)20-11(3-4-12(17)22)15(25)19-9(7-21)6-13(18)23/h7-11H,3-6,16H2,1-2H3,(H2,17,22)(H2,18,23)(H,19,25)(H,20,24)/t9-,10-,11-/m0/s1. The maximum Gasteiger partial charge on any atom is 0.243 e. The van der Waals surface area contributed by atoms with Crippen molar-refractivity contribution in [1.29, 1.82) is 0 Å². The fraction of sp³-hybridized carbons (Fsp3) is 0.667. The molecule has 0 bridgehead atoms. The Hall–Kier alpha value is -2.49. The van der Waals surface area contributed by atoms with Crippen molar-refractivity contribution in [2.75, 3.05) is 0 Å². The summed E-state index contributed by atoms with van der Waals surface area (Å²) >= 11 is 0. The summed E-state index contributed by atoms with van der Waals surface area (Å²) in [4.78, 5) is 57.1. The molecule has 0 spiro atoms. The number of amides is 4. The third-order valence-electron chi connectivity index (χ3n) is 3.29. The average molecular weight is 357 g/mol. The van der Waals surface area contributed by atoms with Gasteiger partial charge in [0.05, 0.1) is 18.5 Å². The van der Waals surface area contributed by atoms with Crippen LogP contribution in [-0.2, 0) is 24.0 Å². The van der Waals surface area contributed by atoms with Crippen LogP contribution < -0.4 is 27.8 Å². The molecule has 0 aromatic carbocycles. The second-order valence-electron chi connectivity index (χ2n) is 6.22. The van der Waals surface area contributed by atoms with Crippen molar-refractivity contribution in [3.63, 3.8) is 0 Å². The number of nitrogens with one attached hydrogen (secondary N) is 2. The van der Waals surface area contributed by atoms with E-state index in [0.29, 0.717) is 12.7 Å². The maximum atomic E-state index is 12.3. The first-order chi connectivity index (χ1) is 11.6. The Kier molecular flexibility index (Phi) is 10.0. The zero-order chi connectivity index (χ0) is 19.6. The lowest BCUT2D eigenvalue weighted by Gasteiger charge is -2.22. The summed E-state index contributed by atoms with van der Waals surface area (Å²) in [6.45, 7) is 3.78. The van der Waals surface area contributed by atoms with Crippen LogP contribution in [0.5, 0.6) is 0 Å². The third-order valence-corrected chi connectivity index (χ3v) is 3.29. The van der Waals surface area contributed by atoms with Crippen molar-refractivity contribution in [1.82, 2.24) is 10.6 Å². The number of rotatable bonds is 12. The van der Waals surface area contributed by atoms with E-state index < -0.39 is 41.8 Å². The van der Waals surface area contributed by atoms with E-state index in [9.17, 15) is 24.0 Å². The molecule has 0 aromatic rings. The van der Waals surface area contributed by atoms with Crippen LogP contribution in [0.1, 0.15) is 39.5 Å². The van der Waals surface area contributed by atoms with Crippen LogP contribution >= 0.6 is 0 Å². The van der Waals surface area contributed by atoms with Crippen LogP contribution in [0.15, 0.2) is 0 Å². The van der Waals surface area contributed by atoms with Crippen molar-refractivity contribution >= 4 is 29.9 Å². The maximum absolute atomic E-state index is 12.3. The molecule has 0 aliphatic carbocycles. The van der Waals surface area contributed by atoms with Crippen LogP contribution in [0.25, 0.3) is 0 Å². The molecular weight excluding hydrogens is 330 g/mol. The number of aldehydes is 1. The highest BCUT2D eigenvalue weighted by Crippen LogP contribution is 2.05. The molecule has 4 amide bonds. The number of primary amides is 2. The highest BCUT2D eigenvalue weighted by Gasteiger charge is 2.26. The Labute approximate surface area is 146 Å². The molecule has 3 atom stereocenters. The lowest BCUT2D eigenvalue weighted by molar-refractivity contribution is -0.131. The van der Waals surface area contributed by atoms with Gasteiger partial charge in [0.25, 0.3) is 0 Å². The number of nitrogens with two attached hydrogens (primary N) is 3. The predicted molar refractivity (Wildman–Crippen MR) is 89.6 cm³/mol. The van der Waals surface area contributed by atoms with Crippen LogP contribution in [0, 0.1) is 5.92 Å². The first-order valence-electron chi connectivity index (χ1n) is 7.95. The molecule has 0 saturated carbocycles. The molecule has 0 radical (unpaired) electrons. The van der Waals surface area contributed by atoms with Gasteiger partial charge in [0.1, 0.15) is 12.3 Å². The molecule has 8 N–H and O–H groups in total. The molecule has 0 aliphatic heterocycles. The Morgan fingerprint density at radius 3 is 2.04 bits per heavy atom. The molecule has 0 fully saturated rings. The first kappa shape index (κ1) is 22.5. The van der Waals surface area contributed by atoms with Gasteiger partial charge in [0, 0.05) is 6.42 Å². The number of carbonyl (C=O) groups excluding carboxylic acids is 5. The molecule has 10 heteroatoms. The highest BCUT2D eigenvalue weighted by atomic mass is 16.2. The topological polar surface area (TPSA) is 187 Å². The molecule has 0 aromatic heterocycles. The third kappa shape index (κ3) is 10.1. The Morgan fingerprint density at radius 1 is 1.00 bits per heavy atom. The lowest BCUT2D eigenvalue weighted by Crippen LogP contribution is -2.54. The SMILES string of the molecule is CC(C)C[C@H](N)C(=O)N[C@@H](CCC(N)=O)C(=O)N[C@H](C=O)CC(N)=O. The van der Waals surface area contributed by atoms with E-state index in [4.69, 9.17) is 17.2 Å². The van der Waals surface area contributed by atoms with Gasteiger partial charge >= 0.3 is 0 Å². The molecule has 142 valence electrons. The van der Waals surface area contributed by atoms with Crippen molar-refractivity contribution in [2.45, 2.75) is 57.7 Å². The molecule has 25 heavy (non-hydrogen) atoms. The minimum atomic E-state index is -1.12. The van der Waals surface area contributed by atoms with E-state index in [1.807, 2.05) is 13.8 Å². The smallest absolute Gasteiger partial charge is 0.243 e. The van der Waals surface area contributed by atoms with Gasteiger partial charge in [-0.2, -0.15) is 0 Å². The minimum absolute atomic E-state index is 0.0660. The molecule has 0 heterocycles. The molecular formula is C15H27N5O5. The fourth-order valence-electron chi connectivity index (χ4n) is 2.08. The monoisotopic (exact) mass is 357 g/mol. The van der Waals surface area contributed by atoms with Crippen LogP contribution in [0.4, 0.5) is 0 Å². The van der Waals surface area contributed by atoms with E-state index in [-0.39, 0.29) is 25.2 Å². The largest absolute Gasteiger partial charge is 0.370 e. The zero-order valence-corrected chi connectivity index (χ0v) is 14.5. The van der Waals surface area contributed by atoms with Crippen LogP contribution in [-0.4, -0.2) is 48.0 Å². The summed E-state index contributed by atoms with van der Waals surface area (Å²) in [5, 5.41) is 4.74. The summed E-state index contributed by atoms with van der Waals surface area (Å²) < 4.78 is 0. The predicted octanol–water partition coefficient (Wildman–Crippen LogP) is -2.33. The van der Waals surface area contributed by atoms with E-state index in [1.54, 1.807) is 0 Å². The average Bonchev–Trinajstić information content (AvgIpc) is 2.48. The molecule has 0 aliphatic rings. The van der Waals surface area contributed by atoms with Crippen LogP contribution in [0.3, 0.4) is 0 Å². The number of hydrogen-bond donors (Lipinski definition) is 5. The lowest BCUT2D eigenvalue weighted by atomic mass is 10.0. The van der Waals surface area contributed by atoms with E-state index in [2.05, 4.69) is 10.6 Å². The van der Waals surface area contributed by atoms with Gasteiger partial charge < -0.3 is 32.6 Å². The van der Waals surface area contributed by atoms with Crippen molar-refractivity contribution < 1.29 is 24.0 Å². The van der Waals surface area contributed by atoms with E-state index in [0.717, 1.165) is 0 Å². The van der Waals surface area contributed by atoms with Gasteiger partial charge in [0.2, 0.25) is 23.6 Å². The summed E-state index contributed by atoms with van der Waals surface area (Å²) in [6, 6.07) is -3.06. The minimum Gasteiger partial charge on any atom is -0.370 e. The molecule has 0 unspecified atom stereocenters. The Morgan fingerprint density at radius 2 is 1.60 bits per heavy atom. The molecule has 10 nitrogen and oxygen atoms in total. The Balaban J connectivity index is 4.97. The fourth-order valence-corrected chi connectivity index (χ4v) is 2.08. The van der Waals surface area contributed by atoms with Crippen LogP contribution in [0.2, 0.25) is 0 Å². The second kappa shape index (κ2) is 11.1. The van der Waals surface area contributed by atoms with Gasteiger partial charge in [-0.1, -0.05) is 13.8 Å². The number of hydrogen-bond acceptors (Lipinski definition) is 6. The van der Waals surface area contributed by atoms with Gasteiger partial charge in [-0.25, -0.2) is 0 Å². The quantitative estimate of drug-likeness (QED) is 0.243. The zero-order valence-electron chi connectivity index (χ0n) is 14.5. The summed E-state index contributed by atoms with van der Waals surface area (Å²) in [6.07, 6.45) is 0.177. The van der Waals surface area contributed by atoms with E-state index >= 15 is 0 Å². The normalized spacial score (nSPS) is 14.2. The van der Waals surface area contributed by atoms with Gasteiger partial charge in [-0.15, -0.1) is 0 Å². The van der Waals surface area contributed by atoms with E-state index in [1.165, 1.54) is 0 Å². The Bertz CT molecular complexity index is 509.